The summed E-state index contributed by atoms with van der Waals surface area (Å²) in [4.78, 5) is 15.1. The van der Waals surface area contributed by atoms with Gasteiger partial charge in [0.2, 0.25) is 15.9 Å². The lowest BCUT2D eigenvalue weighted by atomic mass is 10.0. The first-order valence-corrected chi connectivity index (χ1v) is 12.9. The van der Waals surface area contributed by atoms with E-state index in [4.69, 9.17) is 4.74 Å². The predicted octanol–water partition coefficient (Wildman–Crippen LogP) is 3.86. The van der Waals surface area contributed by atoms with E-state index in [-0.39, 0.29) is 29.0 Å². The highest BCUT2D eigenvalue weighted by Gasteiger charge is 2.28. The minimum absolute atomic E-state index is 0.111. The predicted molar refractivity (Wildman–Crippen MR) is 131 cm³/mol. The number of nitrogens with zero attached hydrogens (tertiary/aromatic N) is 1. The third-order valence-corrected chi connectivity index (χ3v) is 7.54. The maximum atomic E-state index is 12.8. The number of rotatable bonds is 8. The molecule has 0 saturated carbocycles. The van der Waals surface area contributed by atoms with E-state index >= 15 is 0 Å². The van der Waals surface area contributed by atoms with Gasteiger partial charge in [-0.05, 0) is 88.9 Å². The zero-order chi connectivity index (χ0) is 24.2. The van der Waals surface area contributed by atoms with E-state index in [0.717, 1.165) is 37.2 Å². The lowest BCUT2D eigenvalue weighted by molar-refractivity contribution is -0.121. The van der Waals surface area contributed by atoms with Crippen LogP contribution in [0.25, 0.3) is 0 Å². The van der Waals surface area contributed by atoms with E-state index in [1.807, 2.05) is 6.92 Å². The molecule has 180 valence electrons. The third-order valence-electron chi connectivity index (χ3n) is 5.86. The van der Waals surface area contributed by atoms with Crippen molar-refractivity contribution >= 4 is 21.6 Å². The van der Waals surface area contributed by atoms with Gasteiger partial charge in [-0.2, -0.15) is 0 Å². The Labute approximate surface area is 197 Å². The van der Waals surface area contributed by atoms with Gasteiger partial charge in [0.25, 0.3) is 0 Å². The lowest BCUT2D eigenvalue weighted by Gasteiger charge is -2.35. The molecule has 0 aromatic heterocycles. The van der Waals surface area contributed by atoms with Crippen molar-refractivity contribution < 1.29 is 17.9 Å². The van der Waals surface area contributed by atoms with Gasteiger partial charge in [-0.1, -0.05) is 12.1 Å². The van der Waals surface area contributed by atoms with Crippen molar-refractivity contribution in [1.29, 1.82) is 0 Å². The van der Waals surface area contributed by atoms with Crippen molar-refractivity contribution in [3.63, 3.8) is 0 Å². The number of ether oxygens (including phenoxy) is 1. The summed E-state index contributed by atoms with van der Waals surface area (Å²) in [6.45, 7) is 11.1. The lowest BCUT2D eigenvalue weighted by Crippen LogP contribution is -2.47. The average Bonchev–Trinajstić information content (AvgIpc) is 2.76. The van der Waals surface area contributed by atoms with Crippen LogP contribution in [-0.2, 0) is 14.8 Å². The number of piperidine rings is 1. The first-order chi connectivity index (χ1) is 15.5. The van der Waals surface area contributed by atoms with E-state index in [1.54, 1.807) is 26.0 Å². The van der Waals surface area contributed by atoms with Crippen molar-refractivity contribution in [2.45, 2.75) is 70.5 Å². The zero-order valence-electron chi connectivity index (χ0n) is 20.1. The molecular weight excluding hydrogens is 438 g/mol. The Morgan fingerprint density at radius 3 is 2.27 bits per heavy atom. The Hall–Kier alpha value is -2.42. The summed E-state index contributed by atoms with van der Waals surface area (Å²) >= 11 is 0. The molecule has 33 heavy (non-hydrogen) atoms. The highest BCUT2D eigenvalue weighted by molar-refractivity contribution is 7.89. The molecule has 0 spiro atoms. The minimum Gasteiger partial charge on any atom is -0.490 e. The Balaban J connectivity index is 1.52. The van der Waals surface area contributed by atoms with Gasteiger partial charge in [0.15, 0.2) is 0 Å². The molecule has 8 heteroatoms. The Kier molecular flexibility index (Phi) is 8.15. The number of benzene rings is 2. The second kappa shape index (κ2) is 10.7. The van der Waals surface area contributed by atoms with Crippen LogP contribution in [0.5, 0.6) is 5.75 Å². The largest absolute Gasteiger partial charge is 0.490 e. The second-order valence-corrected chi connectivity index (χ2v) is 10.8. The van der Waals surface area contributed by atoms with Gasteiger partial charge in [0.05, 0.1) is 10.9 Å². The highest BCUT2D eigenvalue weighted by atomic mass is 32.2. The third kappa shape index (κ3) is 6.79. The molecule has 1 heterocycles. The average molecular weight is 474 g/mol. The molecule has 0 radical (unpaired) electrons. The highest BCUT2D eigenvalue weighted by Crippen LogP contribution is 2.25. The summed E-state index contributed by atoms with van der Waals surface area (Å²) in [6, 6.07) is 12.0. The van der Waals surface area contributed by atoms with Crippen molar-refractivity contribution in [3.05, 3.63) is 53.6 Å². The van der Waals surface area contributed by atoms with Gasteiger partial charge >= 0.3 is 0 Å². The van der Waals surface area contributed by atoms with E-state index in [9.17, 15) is 13.2 Å². The monoisotopic (exact) mass is 473 g/mol. The molecule has 1 fully saturated rings. The van der Waals surface area contributed by atoms with Gasteiger partial charge in [0.1, 0.15) is 11.9 Å². The number of nitrogens with one attached hydrogen (secondary N) is 2. The maximum absolute atomic E-state index is 12.8. The second-order valence-electron chi connectivity index (χ2n) is 9.09. The Bertz CT molecular complexity index is 1060. The van der Waals surface area contributed by atoms with Crippen molar-refractivity contribution in [1.82, 2.24) is 9.62 Å². The van der Waals surface area contributed by atoms with Crippen LogP contribution >= 0.6 is 0 Å². The minimum atomic E-state index is -3.55. The van der Waals surface area contributed by atoms with Crippen LogP contribution in [-0.4, -0.2) is 50.5 Å². The number of anilines is 1. The fourth-order valence-corrected chi connectivity index (χ4v) is 5.15. The van der Waals surface area contributed by atoms with E-state index in [1.165, 1.54) is 17.7 Å². The first-order valence-electron chi connectivity index (χ1n) is 11.5. The molecule has 7 nitrogen and oxygen atoms in total. The maximum Gasteiger partial charge on any atom is 0.241 e. The number of carbonyl (C=O) groups excluding carboxylic acids is 1. The number of aryl methyl sites for hydroxylation is 2. The van der Waals surface area contributed by atoms with Crippen molar-refractivity contribution in [2.24, 2.45) is 0 Å². The van der Waals surface area contributed by atoms with Gasteiger partial charge in [-0.15, -0.1) is 0 Å². The zero-order valence-corrected chi connectivity index (χ0v) is 20.9. The van der Waals surface area contributed by atoms with Crippen LogP contribution < -0.4 is 14.8 Å². The van der Waals surface area contributed by atoms with Crippen LogP contribution in [0.2, 0.25) is 0 Å². The molecule has 2 N–H and O–H groups in total. The summed E-state index contributed by atoms with van der Waals surface area (Å²) in [7, 11) is -3.55. The summed E-state index contributed by atoms with van der Waals surface area (Å²) in [5.41, 5.74) is 2.89. The molecule has 0 bridgehead atoms. The van der Waals surface area contributed by atoms with Gasteiger partial charge < -0.3 is 10.1 Å². The molecule has 1 aliphatic heterocycles. The fraction of sp³-hybridized carbons (Fsp3) is 0.480. The number of carbonyl (C=O) groups is 1. The van der Waals surface area contributed by atoms with Crippen LogP contribution in [0.4, 0.5) is 5.69 Å². The summed E-state index contributed by atoms with van der Waals surface area (Å²) in [5, 5.41) is 2.90. The Morgan fingerprint density at radius 2 is 1.67 bits per heavy atom. The number of likely N-dealkylation sites (tertiary alicyclic amines) is 1. The summed E-state index contributed by atoms with van der Waals surface area (Å²) in [6.07, 6.45) is 1.87. The number of sulfonamides is 1. The topological polar surface area (TPSA) is 87.7 Å². The van der Waals surface area contributed by atoms with Crippen LogP contribution in [0.15, 0.2) is 47.4 Å². The quantitative estimate of drug-likeness (QED) is 0.608. The molecular formula is C25H35N3O4S. The van der Waals surface area contributed by atoms with Gasteiger partial charge in [-0.3, -0.25) is 9.69 Å². The molecule has 1 atom stereocenters. The van der Waals surface area contributed by atoms with Gasteiger partial charge in [-0.25, -0.2) is 13.1 Å². The fourth-order valence-electron chi connectivity index (χ4n) is 3.90. The Morgan fingerprint density at radius 1 is 1.03 bits per heavy atom. The number of amides is 1. The molecule has 1 unspecified atom stereocenters. The van der Waals surface area contributed by atoms with Crippen LogP contribution in [0.1, 0.15) is 44.7 Å². The van der Waals surface area contributed by atoms with Crippen LogP contribution in [0, 0.1) is 13.8 Å². The standard InChI is InChI=1S/C25H35N3O4S/c1-17(2)27-33(30,31)23-10-8-21(9-11-23)26-25(29)20(5)28-14-12-22(13-15-28)32-24-16-18(3)6-7-19(24)4/h6-11,16-17,20,22,27H,12-15H2,1-5H3,(H,26,29). The molecule has 2 aromatic carbocycles. The molecule has 1 saturated heterocycles. The molecule has 1 aliphatic rings. The summed E-state index contributed by atoms with van der Waals surface area (Å²) in [5.74, 6) is 0.827. The van der Waals surface area contributed by atoms with Gasteiger partial charge in [0, 0.05) is 24.8 Å². The normalized spacial score (nSPS) is 16.5. The van der Waals surface area contributed by atoms with Crippen molar-refractivity contribution in [3.8, 4) is 5.75 Å². The molecule has 0 aliphatic carbocycles. The van der Waals surface area contributed by atoms with E-state index in [0.29, 0.717) is 5.69 Å². The van der Waals surface area contributed by atoms with Crippen molar-refractivity contribution in [2.75, 3.05) is 18.4 Å². The van der Waals surface area contributed by atoms with Crippen LogP contribution in [0.3, 0.4) is 0 Å². The van der Waals surface area contributed by atoms with E-state index in [2.05, 4.69) is 47.0 Å². The number of hydrogen-bond acceptors (Lipinski definition) is 5. The SMILES string of the molecule is Cc1ccc(C)c(OC2CCN(C(C)C(=O)Nc3ccc(S(=O)(=O)NC(C)C)cc3)CC2)c1. The smallest absolute Gasteiger partial charge is 0.241 e. The molecule has 3 rings (SSSR count). The molecule has 2 aromatic rings. The van der Waals surface area contributed by atoms with E-state index < -0.39 is 10.0 Å². The number of hydrogen-bond donors (Lipinski definition) is 2. The summed E-state index contributed by atoms with van der Waals surface area (Å²) < 4.78 is 33.3. The first kappa shape index (κ1) is 25.2. The molecule has 1 amide bonds.